The summed E-state index contributed by atoms with van der Waals surface area (Å²) in [7, 11) is -2.73. The van der Waals surface area contributed by atoms with Crippen molar-refractivity contribution in [3.63, 3.8) is 0 Å². The van der Waals surface area contributed by atoms with Gasteiger partial charge in [-0.25, -0.2) is 8.42 Å². The number of carboxylic acids is 1. The number of nitrogens with zero attached hydrogens (tertiary/aromatic N) is 1. The van der Waals surface area contributed by atoms with Crippen LogP contribution in [0.25, 0.3) is 6.08 Å². The third-order valence-corrected chi connectivity index (χ3v) is 5.85. The fraction of sp³-hybridized carbons (Fsp3) is 0.111. The van der Waals surface area contributed by atoms with Crippen molar-refractivity contribution >= 4 is 43.8 Å². The molecule has 0 aliphatic carbocycles. The van der Waals surface area contributed by atoms with E-state index in [0.717, 1.165) is 14.3 Å². The number of hydrogen-bond donors (Lipinski definition) is 1. The highest BCUT2D eigenvalue weighted by atomic mass is 79.9. The minimum atomic E-state index is -3.92. The Morgan fingerprint density at radius 3 is 2.19 bits per heavy atom. The first-order chi connectivity index (χ1) is 12.2. The van der Waals surface area contributed by atoms with Crippen LogP contribution in [0.2, 0.25) is 0 Å². The van der Waals surface area contributed by atoms with Crippen molar-refractivity contribution in [2.75, 3.05) is 13.6 Å². The molecule has 0 atom stereocenters. The van der Waals surface area contributed by atoms with Gasteiger partial charge in [-0.2, -0.15) is 4.31 Å². The van der Waals surface area contributed by atoms with Gasteiger partial charge in [0.2, 0.25) is 10.0 Å². The molecule has 0 radical (unpaired) electrons. The number of benzene rings is 2. The second kappa shape index (κ2) is 8.39. The van der Waals surface area contributed by atoms with Crippen molar-refractivity contribution in [3.05, 3.63) is 70.2 Å². The molecule has 1 N–H and O–H groups in total. The third kappa shape index (κ3) is 5.10. The lowest BCUT2D eigenvalue weighted by Gasteiger charge is -2.14. The molecule has 2 aromatic carbocycles. The lowest BCUT2D eigenvalue weighted by molar-refractivity contribution is -0.137. The number of allylic oxidation sites excluding steroid dienone is 1. The van der Waals surface area contributed by atoms with E-state index in [1.165, 1.54) is 37.4 Å². The molecule has 6 nitrogen and oxygen atoms in total. The molecular weight excluding hydrogens is 422 g/mol. The van der Waals surface area contributed by atoms with Gasteiger partial charge in [-0.05, 0) is 48.0 Å². The molecular formula is C18H16BrNO5S. The molecule has 0 aliphatic heterocycles. The van der Waals surface area contributed by atoms with E-state index in [0.29, 0.717) is 5.56 Å². The number of likely N-dealkylation sites (N-methyl/N-ethyl adjacent to an activating group) is 1. The van der Waals surface area contributed by atoms with Crippen LogP contribution in [0.3, 0.4) is 0 Å². The normalized spacial score (nSPS) is 11.8. The van der Waals surface area contributed by atoms with Crippen LogP contribution in [0.5, 0.6) is 0 Å². The number of hydrogen-bond acceptors (Lipinski definition) is 4. The van der Waals surface area contributed by atoms with Crippen molar-refractivity contribution in [3.8, 4) is 0 Å². The summed E-state index contributed by atoms with van der Waals surface area (Å²) in [5, 5.41) is 8.72. The van der Waals surface area contributed by atoms with Gasteiger partial charge in [0.05, 0.1) is 4.90 Å². The molecule has 0 saturated heterocycles. The standard InChI is InChI=1S/C18H16BrNO5S/c1-20(12-18(22)23)26(24,25)16-9-5-14(6-10-16)17(21)11-4-13-2-7-15(19)8-3-13/h2-11H,12H2,1H3,(H,22,23)/b11-4+. The Balaban J connectivity index is 2.14. The first-order valence-electron chi connectivity index (χ1n) is 7.46. The maximum Gasteiger partial charge on any atom is 0.318 e. The number of carbonyl (C=O) groups is 2. The van der Waals surface area contributed by atoms with Crippen LogP contribution in [-0.2, 0) is 14.8 Å². The number of carbonyl (C=O) groups excluding carboxylic acids is 1. The maximum atomic E-state index is 12.2. The molecule has 2 rings (SSSR count). The molecule has 0 bridgehead atoms. The Hall–Kier alpha value is -2.29. The lowest BCUT2D eigenvalue weighted by atomic mass is 10.1. The van der Waals surface area contributed by atoms with Gasteiger partial charge < -0.3 is 5.11 Å². The quantitative estimate of drug-likeness (QED) is 0.530. The number of aliphatic carboxylic acids is 1. The van der Waals surface area contributed by atoms with E-state index < -0.39 is 22.5 Å². The fourth-order valence-electron chi connectivity index (χ4n) is 2.09. The van der Waals surface area contributed by atoms with Gasteiger partial charge >= 0.3 is 5.97 Å². The number of sulfonamides is 1. The van der Waals surface area contributed by atoms with Gasteiger partial charge in [0.1, 0.15) is 6.54 Å². The van der Waals surface area contributed by atoms with Gasteiger partial charge in [0.15, 0.2) is 5.78 Å². The van der Waals surface area contributed by atoms with E-state index in [-0.39, 0.29) is 10.7 Å². The Kier molecular flexibility index (Phi) is 6.47. The van der Waals surface area contributed by atoms with Gasteiger partial charge in [0, 0.05) is 17.1 Å². The predicted molar refractivity (Wildman–Crippen MR) is 101 cm³/mol. The van der Waals surface area contributed by atoms with Crippen LogP contribution in [-0.4, -0.2) is 43.2 Å². The Labute approximate surface area is 159 Å². The first kappa shape index (κ1) is 20.0. The summed E-state index contributed by atoms with van der Waals surface area (Å²) in [6.07, 6.45) is 3.07. The average Bonchev–Trinajstić information content (AvgIpc) is 2.60. The molecule has 2 aromatic rings. The summed E-state index contributed by atoms with van der Waals surface area (Å²) < 4.78 is 26.2. The monoisotopic (exact) mass is 437 g/mol. The second-order valence-electron chi connectivity index (χ2n) is 5.43. The average molecular weight is 438 g/mol. The van der Waals surface area contributed by atoms with Crippen molar-refractivity contribution in [2.45, 2.75) is 4.90 Å². The van der Waals surface area contributed by atoms with Crippen LogP contribution in [0.15, 0.2) is 64.0 Å². The topological polar surface area (TPSA) is 91.8 Å². The van der Waals surface area contributed by atoms with E-state index in [9.17, 15) is 18.0 Å². The molecule has 0 saturated carbocycles. The SMILES string of the molecule is CN(CC(=O)O)S(=O)(=O)c1ccc(C(=O)/C=C/c2ccc(Br)cc2)cc1. The Morgan fingerprint density at radius 1 is 1.08 bits per heavy atom. The fourth-order valence-corrected chi connectivity index (χ4v) is 3.47. The molecule has 8 heteroatoms. The third-order valence-electron chi connectivity index (χ3n) is 3.50. The predicted octanol–water partition coefficient (Wildman–Crippen LogP) is 3.05. The van der Waals surface area contributed by atoms with Crippen molar-refractivity contribution < 1.29 is 23.1 Å². The van der Waals surface area contributed by atoms with Gasteiger partial charge in [-0.15, -0.1) is 0 Å². The highest BCUT2D eigenvalue weighted by molar-refractivity contribution is 9.10. The van der Waals surface area contributed by atoms with E-state index in [2.05, 4.69) is 15.9 Å². The van der Waals surface area contributed by atoms with Crippen LogP contribution >= 0.6 is 15.9 Å². The molecule has 0 heterocycles. The summed E-state index contributed by atoms with van der Waals surface area (Å²) in [5.74, 6) is -1.52. The molecule has 0 spiro atoms. The first-order valence-corrected chi connectivity index (χ1v) is 9.69. The molecule has 0 unspecified atom stereocenters. The zero-order chi connectivity index (χ0) is 19.3. The largest absolute Gasteiger partial charge is 0.480 e. The minimum Gasteiger partial charge on any atom is -0.480 e. The molecule has 26 heavy (non-hydrogen) atoms. The Morgan fingerprint density at radius 2 is 1.65 bits per heavy atom. The van der Waals surface area contributed by atoms with Crippen LogP contribution < -0.4 is 0 Å². The zero-order valence-electron chi connectivity index (χ0n) is 13.8. The van der Waals surface area contributed by atoms with Gasteiger partial charge in [-0.3, -0.25) is 9.59 Å². The maximum absolute atomic E-state index is 12.2. The summed E-state index contributed by atoms with van der Waals surface area (Å²) >= 11 is 3.33. The summed E-state index contributed by atoms with van der Waals surface area (Å²) in [6.45, 7) is -0.640. The van der Waals surface area contributed by atoms with E-state index >= 15 is 0 Å². The van der Waals surface area contributed by atoms with Crippen LogP contribution in [0, 0.1) is 0 Å². The van der Waals surface area contributed by atoms with Crippen LogP contribution in [0.1, 0.15) is 15.9 Å². The highest BCUT2D eigenvalue weighted by Crippen LogP contribution is 2.16. The Bertz CT molecular complexity index is 935. The molecule has 136 valence electrons. The van der Waals surface area contributed by atoms with Gasteiger partial charge in [0.25, 0.3) is 0 Å². The summed E-state index contributed by atoms with van der Waals surface area (Å²) in [6, 6.07) is 12.8. The van der Waals surface area contributed by atoms with Gasteiger partial charge in [-0.1, -0.05) is 34.1 Å². The number of ketones is 1. The molecule has 0 fully saturated rings. The number of carboxylic acid groups (broad SMARTS) is 1. The van der Waals surface area contributed by atoms with E-state index in [1.807, 2.05) is 24.3 Å². The van der Waals surface area contributed by atoms with Crippen molar-refractivity contribution in [2.24, 2.45) is 0 Å². The molecule has 0 aliphatic rings. The van der Waals surface area contributed by atoms with Crippen LogP contribution in [0.4, 0.5) is 0 Å². The minimum absolute atomic E-state index is 0.0744. The summed E-state index contributed by atoms with van der Waals surface area (Å²) in [4.78, 5) is 22.8. The molecule has 0 aromatic heterocycles. The van der Waals surface area contributed by atoms with E-state index in [4.69, 9.17) is 5.11 Å². The summed E-state index contributed by atoms with van der Waals surface area (Å²) in [5.41, 5.74) is 1.19. The lowest BCUT2D eigenvalue weighted by Crippen LogP contribution is -2.32. The smallest absolute Gasteiger partial charge is 0.318 e. The molecule has 0 amide bonds. The number of rotatable bonds is 7. The van der Waals surface area contributed by atoms with Crippen molar-refractivity contribution in [1.82, 2.24) is 4.31 Å². The zero-order valence-corrected chi connectivity index (χ0v) is 16.2. The highest BCUT2D eigenvalue weighted by Gasteiger charge is 2.22. The second-order valence-corrected chi connectivity index (χ2v) is 8.39. The number of halogens is 1. The van der Waals surface area contributed by atoms with E-state index in [1.54, 1.807) is 6.08 Å². The van der Waals surface area contributed by atoms with Crippen molar-refractivity contribution in [1.29, 1.82) is 0 Å².